The SMILES string of the molecule is CC(=O)Nc1nc2cc(NS(=O)(=O)c3cccc(Cl)c3)ccc2s1. The maximum atomic E-state index is 12.4. The van der Waals surface area contributed by atoms with Crippen LogP contribution in [-0.4, -0.2) is 19.3 Å². The first-order valence-corrected chi connectivity index (χ1v) is 9.48. The highest BCUT2D eigenvalue weighted by atomic mass is 35.5. The van der Waals surface area contributed by atoms with Gasteiger partial charge in [0.15, 0.2) is 5.13 Å². The number of rotatable bonds is 4. The predicted molar refractivity (Wildman–Crippen MR) is 96.2 cm³/mol. The van der Waals surface area contributed by atoms with E-state index in [2.05, 4.69) is 15.0 Å². The molecule has 0 radical (unpaired) electrons. The van der Waals surface area contributed by atoms with Gasteiger partial charge >= 0.3 is 0 Å². The van der Waals surface area contributed by atoms with Gasteiger partial charge in [0.2, 0.25) is 5.91 Å². The van der Waals surface area contributed by atoms with E-state index >= 15 is 0 Å². The molecule has 0 fully saturated rings. The molecule has 1 heterocycles. The highest BCUT2D eigenvalue weighted by molar-refractivity contribution is 7.92. The molecule has 0 spiro atoms. The zero-order valence-electron chi connectivity index (χ0n) is 12.4. The number of benzene rings is 2. The van der Waals surface area contributed by atoms with Crippen LogP contribution in [0.25, 0.3) is 10.2 Å². The number of fused-ring (bicyclic) bond motifs is 1. The molecule has 0 atom stereocenters. The molecule has 1 aromatic heterocycles. The van der Waals surface area contributed by atoms with E-state index in [9.17, 15) is 13.2 Å². The number of sulfonamides is 1. The number of carbonyl (C=O) groups excluding carboxylic acids is 1. The molecular weight excluding hydrogens is 370 g/mol. The van der Waals surface area contributed by atoms with Crippen molar-refractivity contribution in [1.29, 1.82) is 0 Å². The van der Waals surface area contributed by atoms with Crippen LogP contribution in [0.4, 0.5) is 10.8 Å². The van der Waals surface area contributed by atoms with Gasteiger partial charge in [-0.2, -0.15) is 0 Å². The molecule has 124 valence electrons. The van der Waals surface area contributed by atoms with E-state index in [0.29, 0.717) is 21.4 Å². The van der Waals surface area contributed by atoms with Crippen molar-refractivity contribution < 1.29 is 13.2 Å². The number of carbonyl (C=O) groups is 1. The molecule has 0 aliphatic rings. The Morgan fingerprint density at radius 1 is 1.21 bits per heavy atom. The third kappa shape index (κ3) is 3.66. The molecular formula is C15H12ClN3O3S2. The van der Waals surface area contributed by atoms with Gasteiger partial charge in [-0.1, -0.05) is 29.0 Å². The van der Waals surface area contributed by atoms with Gasteiger partial charge in [0, 0.05) is 11.9 Å². The van der Waals surface area contributed by atoms with Crippen molar-refractivity contribution in [1.82, 2.24) is 4.98 Å². The second-order valence-electron chi connectivity index (χ2n) is 4.95. The fourth-order valence-electron chi connectivity index (χ4n) is 2.04. The van der Waals surface area contributed by atoms with Crippen molar-refractivity contribution in [2.24, 2.45) is 0 Å². The summed E-state index contributed by atoms with van der Waals surface area (Å²) in [7, 11) is -3.75. The minimum atomic E-state index is -3.75. The van der Waals surface area contributed by atoms with E-state index in [4.69, 9.17) is 11.6 Å². The van der Waals surface area contributed by atoms with Gasteiger partial charge in [-0.15, -0.1) is 0 Å². The standard InChI is InChI=1S/C15H12ClN3O3S2/c1-9(20)17-15-18-13-8-11(5-6-14(13)23-15)19-24(21,22)12-4-2-3-10(16)7-12/h2-8,19H,1H3,(H,17,18,20). The number of halogens is 1. The average molecular weight is 382 g/mol. The molecule has 0 unspecified atom stereocenters. The number of amides is 1. The molecule has 0 aliphatic carbocycles. The molecule has 3 rings (SSSR count). The van der Waals surface area contributed by atoms with Crippen LogP contribution >= 0.6 is 22.9 Å². The Hall–Kier alpha value is -2.16. The third-order valence-electron chi connectivity index (χ3n) is 3.03. The van der Waals surface area contributed by atoms with Crippen molar-refractivity contribution >= 4 is 59.9 Å². The summed E-state index contributed by atoms with van der Waals surface area (Å²) >= 11 is 7.15. The Bertz CT molecular complexity index is 1030. The van der Waals surface area contributed by atoms with Crippen LogP contribution in [0.3, 0.4) is 0 Å². The number of nitrogens with zero attached hydrogens (tertiary/aromatic N) is 1. The fourth-order valence-corrected chi connectivity index (χ4v) is 4.29. The number of nitrogens with one attached hydrogen (secondary N) is 2. The molecule has 6 nitrogen and oxygen atoms in total. The van der Waals surface area contributed by atoms with Gasteiger partial charge in [0.25, 0.3) is 10.0 Å². The van der Waals surface area contributed by atoms with Crippen LogP contribution in [0.1, 0.15) is 6.92 Å². The number of hydrogen-bond acceptors (Lipinski definition) is 5. The lowest BCUT2D eigenvalue weighted by atomic mass is 10.3. The molecule has 3 aromatic rings. The number of aromatic nitrogens is 1. The van der Waals surface area contributed by atoms with Crippen LogP contribution in [0, 0.1) is 0 Å². The van der Waals surface area contributed by atoms with Crippen LogP contribution in [0.2, 0.25) is 5.02 Å². The van der Waals surface area contributed by atoms with E-state index < -0.39 is 10.0 Å². The second-order valence-corrected chi connectivity index (χ2v) is 8.10. The van der Waals surface area contributed by atoms with Gasteiger partial charge in [-0.05, 0) is 36.4 Å². The summed E-state index contributed by atoms with van der Waals surface area (Å²) in [6, 6.07) is 11.0. The first-order valence-electron chi connectivity index (χ1n) is 6.80. The second kappa shape index (κ2) is 6.39. The smallest absolute Gasteiger partial charge is 0.261 e. The molecule has 0 bridgehead atoms. The van der Waals surface area contributed by atoms with Crippen molar-refractivity contribution in [2.75, 3.05) is 10.0 Å². The third-order valence-corrected chi connectivity index (χ3v) is 5.60. The Morgan fingerprint density at radius 3 is 2.71 bits per heavy atom. The Kier molecular flexibility index (Phi) is 4.44. The lowest BCUT2D eigenvalue weighted by molar-refractivity contribution is -0.114. The van der Waals surface area contributed by atoms with Crippen molar-refractivity contribution in [3.63, 3.8) is 0 Å². The molecule has 24 heavy (non-hydrogen) atoms. The molecule has 0 saturated carbocycles. The highest BCUT2D eigenvalue weighted by Gasteiger charge is 2.15. The minimum absolute atomic E-state index is 0.0762. The average Bonchev–Trinajstić information content (AvgIpc) is 2.87. The summed E-state index contributed by atoms with van der Waals surface area (Å²) in [5, 5.41) is 3.41. The van der Waals surface area contributed by atoms with Crippen molar-refractivity contribution in [3.8, 4) is 0 Å². The molecule has 9 heteroatoms. The first kappa shape index (κ1) is 16.7. The van der Waals surface area contributed by atoms with E-state index in [1.807, 2.05) is 0 Å². The normalized spacial score (nSPS) is 11.4. The van der Waals surface area contributed by atoms with Gasteiger partial charge < -0.3 is 5.32 Å². The van der Waals surface area contributed by atoms with E-state index in [0.717, 1.165) is 4.70 Å². The Labute approximate surface area is 147 Å². The summed E-state index contributed by atoms with van der Waals surface area (Å²) in [5.41, 5.74) is 0.970. The van der Waals surface area contributed by atoms with Crippen molar-refractivity contribution in [2.45, 2.75) is 11.8 Å². The summed E-state index contributed by atoms with van der Waals surface area (Å²) < 4.78 is 28.1. The van der Waals surface area contributed by atoms with Crippen LogP contribution in [0.15, 0.2) is 47.4 Å². The van der Waals surface area contributed by atoms with Crippen LogP contribution < -0.4 is 10.0 Å². The first-order chi connectivity index (χ1) is 11.3. The largest absolute Gasteiger partial charge is 0.302 e. The number of thiazole rings is 1. The number of anilines is 2. The van der Waals surface area contributed by atoms with Crippen LogP contribution in [0.5, 0.6) is 0 Å². The Morgan fingerprint density at radius 2 is 2.00 bits per heavy atom. The van der Waals surface area contributed by atoms with Gasteiger partial charge in [-0.25, -0.2) is 13.4 Å². The molecule has 0 aliphatic heterocycles. The zero-order valence-corrected chi connectivity index (χ0v) is 14.8. The molecule has 0 saturated heterocycles. The minimum Gasteiger partial charge on any atom is -0.302 e. The van der Waals surface area contributed by atoms with E-state index in [1.54, 1.807) is 30.3 Å². The monoisotopic (exact) mass is 381 g/mol. The topological polar surface area (TPSA) is 88.2 Å². The molecule has 2 N–H and O–H groups in total. The van der Waals surface area contributed by atoms with E-state index in [1.165, 1.54) is 30.4 Å². The lowest BCUT2D eigenvalue weighted by Crippen LogP contribution is -2.12. The molecule has 1 amide bonds. The summed E-state index contributed by atoms with van der Waals surface area (Å²) in [5.74, 6) is -0.212. The Balaban J connectivity index is 1.91. The summed E-state index contributed by atoms with van der Waals surface area (Å²) in [6.07, 6.45) is 0. The zero-order chi connectivity index (χ0) is 17.3. The van der Waals surface area contributed by atoms with Gasteiger partial charge in [0.05, 0.1) is 20.8 Å². The van der Waals surface area contributed by atoms with Gasteiger partial charge in [0.1, 0.15) is 0 Å². The number of hydrogen-bond donors (Lipinski definition) is 2. The quantitative estimate of drug-likeness (QED) is 0.721. The van der Waals surface area contributed by atoms with Gasteiger partial charge in [-0.3, -0.25) is 9.52 Å². The highest BCUT2D eigenvalue weighted by Crippen LogP contribution is 2.29. The summed E-state index contributed by atoms with van der Waals surface area (Å²) in [6.45, 7) is 1.40. The maximum absolute atomic E-state index is 12.4. The predicted octanol–water partition coefficient (Wildman–Crippen LogP) is 3.71. The maximum Gasteiger partial charge on any atom is 0.261 e. The van der Waals surface area contributed by atoms with E-state index in [-0.39, 0.29) is 10.8 Å². The summed E-state index contributed by atoms with van der Waals surface area (Å²) in [4.78, 5) is 15.4. The van der Waals surface area contributed by atoms with Crippen LogP contribution in [-0.2, 0) is 14.8 Å². The molecule has 2 aromatic carbocycles. The van der Waals surface area contributed by atoms with Crippen molar-refractivity contribution in [3.05, 3.63) is 47.5 Å². The lowest BCUT2D eigenvalue weighted by Gasteiger charge is -2.08. The fraction of sp³-hybridized carbons (Fsp3) is 0.0667.